The smallest absolute Gasteiger partial charge is 0.170 e. The van der Waals surface area contributed by atoms with Crippen molar-refractivity contribution in [2.24, 2.45) is 0 Å². The SMILES string of the molecule is Cc1cc([C@H]2[C@@H](c3ccccn3)NC(=S)N2CCCN(C)C)c(C)n1-c1ccc(N(C)C)cc1. The Morgan fingerprint density at radius 3 is 2.38 bits per heavy atom. The number of aryl methyl sites for hydroxylation is 1. The highest BCUT2D eigenvalue weighted by Crippen LogP contribution is 2.41. The number of anilines is 1. The quantitative estimate of drug-likeness (QED) is 0.484. The largest absolute Gasteiger partial charge is 0.378 e. The Morgan fingerprint density at radius 1 is 1.03 bits per heavy atom. The van der Waals surface area contributed by atoms with Crippen LogP contribution < -0.4 is 10.2 Å². The maximum absolute atomic E-state index is 5.85. The first-order chi connectivity index (χ1) is 16.3. The lowest BCUT2D eigenvalue weighted by Crippen LogP contribution is -2.32. The molecule has 0 aliphatic carbocycles. The van der Waals surface area contributed by atoms with E-state index in [1.54, 1.807) is 0 Å². The first-order valence-corrected chi connectivity index (χ1v) is 12.3. The van der Waals surface area contributed by atoms with Gasteiger partial charge in [0.15, 0.2) is 5.11 Å². The van der Waals surface area contributed by atoms with Gasteiger partial charge in [-0.3, -0.25) is 4.98 Å². The average molecular weight is 477 g/mol. The fraction of sp³-hybridized carbons (Fsp3) is 0.407. The van der Waals surface area contributed by atoms with Crippen LogP contribution in [0.2, 0.25) is 0 Å². The van der Waals surface area contributed by atoms with Crippen LogP contribution >= 0.6 is 12.2 Å². The van der Waals surface area contributed by atoms with Crippen LogP contribution in [0.4, 0.5) is 5.69 Å². The fourth-order valence-electron chi connectivity index (χ4n) is 4.93. The van der Waals surface area contributed by atoms with Crippen LogP contribution in [0.5, 0.6) is 0 Å². The second-order valence-electron chi connectivity index (χ2n) is 9.55. The number of benzene rings is 1. The van der Waals surface area contributed by atoms with Crippen LogP contribution in [0, 0.1) is 13.8 Å². The van der Waals surface area contributed by atoms with E-state index < -0.39 is 0 Å². The Balaban J connectivity index is 1.74. The van der Waals surface area contributed by atoms with Crippen molar-refractivity contribution in [3.05, 3.63) is 77.4 Å². The number of thiocarbonyl (C=S) groups is 1. The molecule has 0 amide bonds. The number of aromatic nitrogens is 2. The van der Waals surface area contributed by atoms with Crippen LogP contribution in [-0.2, 0) is 0 Å². The Kier molecular flexibility index (Phi) is 7.24. The molecule has 1 aliphatic heterocycles. The summed E-state index contributed by atoms with van der Waals surface area (Å²) in [4.78, 5) is 11.4. The van der Waals surface area contributed by atoms with Crippen molar-refractivity contribution < 1.29 is 0 Å². The molecule has 2 aromatic heterocycles. The lowest BCUT2D eigenvalue weighted by molar-refractivity contribution is 0.292. The standard InChI is InChI=1S/C27H36N6S/c1-19-18-23(20(2)33(19)22-13-11-21(12-14-22)31(5)6)26-25(24-10-7-8-15-28-24)29-27(34)32(26)17-9-16-30(3)4/h7-8,10-15,18,25-26H,9,16-17H2,1-6H3,(H,29,34)/t25-,26+/m1/s1. The highest BCUT2D eigenvalue weighted by atomic mass is 32.1. The molecule has 0 bridgehead atoms. The number of hydrogen-bond acceptors (Lipinski definition) is 4. The van der Waals surface area contributed by atoms with Gasteiger partial charge < -0.3 is 24.6 Å². The minimum absolute atomic E-state index is 0.0122. The van der Waals surface area contributed by atoms with Gasteiger partial charge in [-0.2, -0.15) is 0 Å². The summed E-state index contributed by atoms with van der Waals surface area (Å²) < 4.78 is 2.35. The molecule has 3 aromatic rings. The summed E-state index contributed by atoms with van der Waals surface area (Å²) in [5.41, 5.74) is 7.14. The third kappa shape index (κ3) is 4.81. The summed E-state index contributed by atoms with van der Waals surface area (Å²) in [6, 6.07) is 17.3. The topological polar surface area (TPSA) is 39.6 Å². The van der Waals surface area contributed by atoms with E-state index >= 15 is 0 Å². The molecule has 0 radical (unpaired) electrons. The highest BCUT2D eigenvalue weighted by Gasteiger charge is 2.41. The maximum Gasteiger partial charge on any atom is 0.170 e. The van der Waals surface area contributed by atoms with Crippen molar-refractivity contribution in [2.45, 2.75) is 32.4 Å². The van der Waals surface area contributed by atoms with Crippen LogP contribution in [0.25, 0.3) is 5.69 Å². The molecule has 1 aromatic carbocycles. The van der Waals surface area contributed by atoms with Gasteiger partial charge in [0.05, 0.1) is 17.8 Å². The third-order valence-corrected chi connectivity index (χ3v) is 6.97. The number of hydrogen-bond donors (Lipinski definition) is 1. The second kappa shape index (κ2) is 10.2. The van der Waals surface area contributed by atoms with Crippen molar-refractivity contribution in [2.75, 3.05) is 46.2 Å². The predicted octanol–water partition coefficient (Wildman–Crippen LogP) is 4.48. The Hall–Kier alpha value is -2.90. The van der Waals surface area contributed by atoms with Crippen LogP contribution in [0.1, 0.15) is 41.1 Å². The lowest BCUT2D eigenvalue weighted by Gasteiger charge is -2.28. The average Bonchev–Trinajstić information content (AvgIpc) is 3.29. The van der Waals surface area contributed by atoms with Crippen molar-refractivity contribution in [3.8, 4) is 5.69 Å². The molecular weight excluding hydrogens is 440 g/mol. The van der Waals surface area contributed by atoms with E-state index in [4.69, 9.17) is 12.2 Å². The van der Waals surface area contributed by atoms with Crippen molar-refractivity contribution in [1.82, 2.24) is 24.7 Å². The molecule has 0 spiro atoms. The van der Waals surface area contributed by atoms with Gasteiger partial charge in [0.25, 0.3) is 0 Å². The first-order valence-electron chi connectivity index (χ1n) is 11.9. The Labute approximate surface area is 209 Å². The molecule has 0 unspecified atom stereocenters. The van der Waals surface area contributed by atoms with Gasteiger partial charge in [-0.05, 0) is 101 Å². The van der Waals surface area contributed by atoms with Gasteiger partial charge in [-0.25, -0.2) is 0 Å². The zero-order chi connectivity index (χ0) is 24.4. The molecular formula is C27H36N6S. The van der Waals surface area contributed by atoms with Crippen molar-refractivity contribution in [3.63, 3.8) is 0 Å². The van der Waals surface area contributed by atoms with E-state index in [0.29, 0.717) is 0 Å². The van der Waals surface area contributed by atoms with Gasteiger partial charge >= 0.3 is 0 Å². The maximum atomic E-state index is 5.85. The second-order valence-corrected chi connectivity index (χ2v) is 9.94. The summed E-state index contributed by atoms with van der Waals surface area (Å²) >= 11 is 5.85. The molecule has 3 heterocycles. The molecule has 4 rings (SSSR count). The molecule has 0 saturated carbocycles. The van der Waals surface area contributed by atoms with E-state index in [-0.39, 0.29) is 12.1 Å². The van der Waals surface area contributed by atoms with E-state index in [1.807, 2.05) is 12.3 Å². The van der Waals surface area contributed by atoms with Gasteiger partial charge in [0.1, 0.15) is 0 Å². The molecule has 1 saturated heterocycles. The molecule has 34 heavy (non-hydrogen) atoms. The number of nitrogens with one attached hydrogen (secondary N) is 1. The molecule has 1 fully saturated rings. The van der Waals surface area contributed by atoms with Crippen molar-refractivity contribution in [1.29, 1.82) is 0 Å². The highest BCUT2D eigenvalue weighted by molar-refractivity contribution is 7.80. The third-order valence-electron chi connectivity index (χ3n) is 6.62. The van der Waals surface area contributed by atoms with Gasteiger partial charge in [0.2, 0.25) is 0 Å². The first kappa shape index (κ1) is 24.2. The number of pyridine rings is 1. The summed E-state index contributed by atoms with van der Waals surface area (Å²) in [6.45, 7) is 6.33. The molecule has 1 N–H and O–H groups in total. The van der Waals surface area contributed by atoms with Crippen LogP contribution in [0.3, 0.4) is 0 Å². The zero-order valence-corrected chi connectivity index (χ0v) is 21.9. The van der Waals surface area contributed by atoms with Crippen LogP contribution in [-0.4, -0.2) is 65.7 Å². The van der Waals surface area contributed by atoms with E-state index in [2.05, 4.69) is 114 Å². The van der Waals surface area contributed by atoms with Gasteiger partial charge in [0, 0.05) is 49.6 Å². The minimum Gasteiger partial charge on any atom is -0.378 e. The van der Waals surface area contributed by atoms with Gasteiger partial charge in [-0.1, -0.05) is 6.07 Å². The van der Waals surface area contributed by atoms with E-state index in [9.17, 15) is 0 Å². The molecule has 7 heteroatoms. The fourth-order valence-corrected chi connectivity index (χ4v) is 5.26. The van der Waals surface area contributed by atoms with Gasteiger partial charge in [-0.15, -0.1) is 0 Å². The Bertz CT molecular complexity index is 1120. The normalized spacial score (nSPS) is 18.0. The molecule has 2 atom stereocenters. The zero-order valence-electron chi connectivity index (χ0n) is 21.1. The molecule has 180 valence electrons. The lowest BCUT2D eigenvalue weighted by atomic mass is 9.96. The Morgan fingerprint density at radius 2 is 1.76 bits per heavy atom. The summed E-state index contributed by atoms with van der Waals surface area (Å²) in [5, 5.41) is 4.39. The molecule has 6 nitrogen and oxygen atoms in total. The summed E-state index contributed by atoms with van der Waals surface area (Å²) in [6.07, 6.45) is 2.91. The number of rotatable bonds is 8. The summed E-state index contributed by atoms with van der Waals surface area (Å²) in [7, 11) is 8.36. The summed E-state index contributed by atoms with van der Waals surface area (Å²) in [5.74, 6) is 0. The predicted molar refractivity (Wildman–Crippen MR) is 145 cm³/mol. The minimum atomic E-state index is 0.0122. The number of nitrogens with zero attached hydrogens (tertiary/aromatic N) is 5. The monoisotopic (exact) mass is 476 g/mol. The molecule has 1 aliphatic rings. The van der Waals surface area contributed by atoms with E-state index in [0.717, 1.165) is 30.3 Å². The van der Waals surface area contributed by atoms with Crippen LogP contribution in [0.15, 0.2) is 54.7 Å². The van der Waals surface area contributed by atoms with Crippen molar-refractivity contribution >= 4 is 23.0 Å². The van der Waals surface area contributed by atoms with E-state index in [1.165, 1.54) is 28.3 Å².